The first-order valence-electron chi connectivity index (χ1n) is 9.47. The molecule has 0 saturated carbocycles. The summed E-state index contributed by atoms with van der Waals surface area (Å²) in [5.74, 6) is -1.03. The first-order chi connectivity index (χ1) is 11.7. The molecule has 1 atom stereocenters. The van der Waals surface area contributed by atoms with Crippen LogP contribution in [0.15, 0.2) is 6.33 Å². The molecule has 1 amide bonds. The third-order valence-electron chi connectivity index (χ3n) is 2.78. The number of amides is 1. The van der Waals surface area contributed by atoms with Crippen LogP contribution in [0.1, 0.15) is 35.8 Å². The Morgan fingerprint density at radius 3 is 2.89 bits per heavy atom. The predicted molar refractivity (Wildman–Crippen MR) is 76.0 cm³/mol. The van der Waals surface area contributed by atoms with Gasteiger partial charge in [-0.05, 0) is 5.92 Å². The molecule has 1 aromatic heterocycles. The van der Waals surface area contributed by atoms with E-state index >= 15 is 0 Å². The van der Waals surface area contributed by atoms with Gasteiger partial charge in [-0.15, -0.1) is 12.4 Å². The second kappa shape index (κ2) is 5.71. The minimum Gasteiger partial charge on any atom is -0.354 e. The topological polar surface area (TPSA) is 70.1 Å². The molecule has 0 unspecified atom stereocenters. The van der Waals surface area contributed by atoms with Crippen molar-refractivity contribution in [3.8, 4) is 0 Å². The SMILES string of the molecule is Cl.[2H]C1([2H])NC([2H])([2H])C([2H])([2H])N(c2ncnc3c2[C@H](C)CC(=O)N3)C1([2H])[2H]. The monoisotopic (exact) mass is 291 g/mol. The van der Waals surface area contributed by atoms with Crippen molar-refractivity contribution in [2.75, 3.05) is 36.2 Å². The number of hydrogen-bond acceptors (Lipinski definition) is 5. The van der Waals surface area contributed by atoms with Crippen molar-refractivity contribution >= 4 is 29.9 Å². The van der Waals surface area contributed by atoms with Crippen LogP contribution >= 0.6 is 12.4 Å². The Kier molecular flexibility index (Phi) is 2.06. The summed E-state index contributed by atoms with van der Waals surface area (Å²) in [6.45, 7) is -10.2. The minimum atomic E-state index is -2.99. The summed E-state index contributed by atoms with van der Waals surface area (Å²) in [7, 11) is 0. The van der Waals surface area contributed by atoms with Crippen molar-refractivity contribution in [3.05, 3.63) is 11.9 Å². The predicted octanol–water partition coefficient (Wildman–Crippen LogP) is 0.754. The van der Waals surface area contributed by atoms with Crippen molar-refractivity contribution in [3.63, 3.8) is 0 Å². The van der Waals surface area contributed by atoms with Gasteiger partial charge in [0.2, 0.25) is 5.91 Å². The molecule has 6 nitrogen and oxygen atoms in total. The molecular formula is C12H18ClN5O. The number of hydrogen-bond donors (Lipinski definition) is 2. The van der Waals surface area contributed by atoms with Gasteiger partial charge in [0.1, 0.15) is 18.0 Å². The third-order valence-corrected chi connectivity index (χ3v) is 2.78. The molecule has 1 fully saturated rings. The lowest BCUT2D eigenvalue weighted by Crippen LogP contribution is -2.44. The first-order valence-corrected chi connectivity index (χ1v) is 5.47. The highest BCUT2D eigenvalue weighted by atomic mass is 35.5. The number of nitrogens with zero attached hydrogens (tertiary/aromatic N) is 3. The Bertz CT molecular complexity index is 750. The molecule has 19 heavy (non-hydrogen) atoms. The number of carbonyl (C=O) groups excluding carboxylic acids is 1. The Balaban J connectivity index is 0.00000261. The lowest BCUT2D eigenvalue weighted by atomic mass is 9.94. The highest BCUT2D eigenvalue weighted by molar-refractivity contribution is 5.94. The third kappa shape index (κ3) is 2.64. The van der Waals surface area contributed by atoms with Crippen LogP contribution in [0.5, 0.6) is 0 Å². The summed E-state index contributed by atoms with van der Waals surface area (Å²) in [5.41, 5.74) is 0.230. The fourth-order valence-electron chi connectivity index (χ4n) is 2.01. The number of rotatable bonds is 1. The van der Waals surface area contributed by atoms with Crippen LogP contribution in [0, 0.1) is 0 Å². The normalized spacial score (nSPS) is 39.1. The Morgan fingerprint density at radius 1 is 1.42 bits per heavy atom. The fraction of sp³-hybridized carbons (Fsp3) is 0.583. The van der Waals surface area contributed by atoms with E-state index < -0.39 is 31.9 Å². The molecule has 2 aliphatic heterocycles. The van der Waals surface area contributed by atoms with Crippen LogP contribution < -0.4 is 15.5 Å². The largest absolute Gasteiger partial charge is 0.354 e. The van der Waals surface area contributed by atoms with E-state index in [-0.39, 0.29) is 41.9 Å². The Labute approximate surface area is 129 Å². The quantitative estimate of drug-likeness (QED) is 0.799. The van der Waals surface area contributed by atoms with Gasteiger partial charge in [-0.25, -0.2) is 9.97 Å². The van der Waals surface area contributed by atoms with Crippen molar-refractivity contribution in [2.24, 2.45) is 0 Å². The van der Waals surface area contributed by atoms with E-state index in [9.17, 15) is 4.79 Å². The number of piperazine rings is 1. The van der Waals surface area contributed by atoms with Crippen molar-refractivity contribution in [1.29, 1.82) is 0 Å². The maximum absolute atomic E-state index is 11.7. The second-order valence-electron chi connectivity index (χ2n) is 4.05. The zero-order chi connectivity index (χ0) is 19.7. The molecule has 0 radical (unpaired) electrons. The number of carbonyl (C=O) groups is 1. The molecule has 1 saturated heterocycles. The van der Waals surface area contributed by atoms with Crippen molar-refractivity contribution in [1.82, 2.24) is 15.3 Å². The van der Waals surface area contributed by atoms with E-state index in [0.717, 1.165) is 6.33 Å². The maximum Gasteiger partial charge on any atom is 0.226 e. The lowest BCUT2D eigenvalue weighted by molar-refractivity contribution is -0.116. The van der Waals surface area contributed by atoms with Gasteiger partial charge in [0.05, 0.1) is 5.48 Å². The summed E-state index contributed by atoms with van der Waals surface area (Å²) in [6, 6.07) is 0. The average Bonchev–Trinajstić information content (AvgIpc) is 2.43. The molecule has 7 heteroatoms. The molecular weight excluding hydrogens is 266 g/mol. The van der Waals surface area contributed by atoms with E-state index in [1.807, 2.05) is 0 Å². The average molecular weight is 292 g/mol. The van der Waals surface area contributed by atoms with E-state index in [0.29, 0.717) is 4.90 Å². The Morgan fingerprint density at radius 2 is 2.16 bits per heavy atom. The Hall–Kier alpha value is -1.40. The van der Waals surface area contributed by atoms with E-state index in [1.165, 1.54) is 0 Å². The molecule has 104 valence electrons. The highest BCUT2D eigenvalue weighted by Crippen LogP contribution is 2.36. The number of fused-ring (bicyclic) bond motifs is 1. The van der Waals surface area contributed by atoms with E-state index in [4.69, 9.17) is 11.0 Å². The zero-order valence-electron chi connectivity index (χ0n) is 18.0. The van der Waals surface area contributed by atoms with Gasteiger partial charge in [-0.3, -0.25) is 4.79 Å². The number of halogens is 1. The van der Waals surface area contributed by atoms with Gasteiger partial charge in [0.15, 0.2) is 0 Å². The molecule has 0 bridgehead atoms. The van der Waals surface area contributed by atoms with Gasteiger partial charge in [-0.2, -0.15) is 0 Å². The highest BCUT2D eigenvalue weighted by Gasteiger charge is 2.28. The van der Waals surface area contributed by atoms with Gasteiger partial charge in [0.25, 0.3) is 0 Å². The van der Waals surface area contributed by atoms with Crippen LogP contribution in [0.4, 0.5) is 11.6 Å². The van der Waals surface area contributed by atoms with Crippen LogP contribution in [-0.4, -0.2) is 41.9 Å². The van der Waals surface area contributed by atoms with Crippen LogP contribution in [0.25, 0.3) is 0 Å². The molecule has 3 heterocycles. The summed E-state index contributed by atoms with van der Waals surface area (Å²) in [6.07, 6.45) is 1.02. The smallest absolute Gasteiger partial charge is 0.226 e. The van der Waals surface area contributed by atoms with E-state index in [2.05, 4.69) is 15.3 Å². The number of nitrogens with one attached hydrogen (secondary N) is 2. The molecule has 0 aromatic carbocycles. The molecule has 3 rings (SSSR count). The van der Waals surface area contributed by atoms with Crippen molar-refractivity contribution < 1.29 is 15.8 Å². The van der Waals surface area contributed by atoms with Gasteiger partial charge in [-0.1, -0.05) is 6.92 Å². The molecule has 1 aromatic rings. The molecule has 2 N–H and O–H groups in total. The van der Waals surface area contributed by atoms with Gasteiger partial charge in [0, 0.05) is 43.5 Å². The summed E-state index contributed by atoms with van der Waals surface area (Å²) >= 11 is 0. The molecule has 0 spiro atoms. The summed E-state index contributed by atoms with van der Waals surface area (Å²) in [5, 5.41) is 4.27. The first kappa shape index (κ1) is 6.85. The number of anilines is 2. The van der Waals surface area contributed by atoms with Crippen molar-refractivity contribution in [2.45, 2.75) is 19.3 Å². The minimum absolute atomic E-state index is 0. The summed E-state index contributed by atoms with van der Waals surface area (Å²) in [4.78, 5) is 19.9. The van der Waals surface area contributed by atoms with E-state index in [1.54, 1.807) is 12.2 Å². The summed E-state index contributed by atoms with van der Waals surface area (Å²) < 4.78 is 64.2. The molecule has 0 aliphatic carbocycles. The number of aromatic nitrogens is 2. The second-order valence-corrected chi connectivity index (χ2v) is 4.05. The molecule has 2 aliphatic rings. The van der Waals surface area contributed by atoms with Gasteiger partial charge >= 0.3 is 0 Å². The fourth-order valence-corrected chi connectivity index (χ4v) is 2.01. The lowest BCUT2D eigenvalue weighted by Gasteiger charge is -2.32. The van der Waals surface area contributed by atoms with Crippen LogP contribution in [0.2, 0.25) is 0 Å². The van der Waals surface area contributed by atoms with Gasteiger partial charge < -0.3 is 15.5 Å². The zero-order valence-corrected chi connectivity index (χ0v) is 10.8. The van der Waals surface area contributed by atoms with Crippen LogP contribution in [-0.2, 0) is 4.79 Å². The van der Waals surface area contributed by atoms with Crippen LogP contribution in [0.3, 0.4) is 0 Å². The standard InChI is InChI=1S/C12H17N5O.ClH/c1-8-6-9(18)16-11-10(8)12(15-7-14-11)17-4-2-13-3-5-17;/h7-8,13H,2-6H2,1H3,(H,14,15,16,18);1H/t8-;/m1./s1/i2D2,3D2,4D2,5D2;. The maximum atomic E-state index is 11.7.